The third-order valence-corrected chi connectivity index (χ3v) is 8.42. The second kappa shape index (κ2) is 13.8. The van der Waals surface area contributed by atoms with Crippen molar-refractivity contribution >= 4 is 128 Å². The summed E-state index contributed by atoms with van der Waals surface area (Å²) in [6.45, 7) is 1.47. The van der Waals surface area contributed by atoms with Gasteiger partial charge in [0.25, 0.3) is 5.91 Å². The monoisotopic (exact) mass is 648 g/mol. The van der Waals surface area contributed by atoms with E-state index in [0.29, 0.717) is 0 Å². The van der Waals surface area contributed by atoms with Gasteiger partial charge in [-0.15, -0.1) is 23.1 Å². The average Bonchev–Trinajstić information content (AvgIpc) is 3.34. The molecule has 0 aliphatic carbocycles. The van der Waals surface area contributed by atoms with E-state index in [1.165, 1.54) is 30.5 Å². The van der Waals surface area contributed by atoms with Crippen molar-refractivity contribution in [3.63, 3.8) is 0 Å². The van der Waals surface area contributed by atoms with E-state index >= 15 is 0 Å². The van der Waals surface area contributed by atoms with Gasteiger partial charge in [-0.25, -0.2) is 14.6 Å². The second-order valence-corrected chi connectivity index (χ2v) is 11.0. The van der Waals surface area contributed by atoms with Crippen LogP contribution in [0, 0.1) is 0 Å². The zero-order chi connectivity index (χ0) is 29.6. The summed E-state index contributed by atoms with van der Waals surface area (Å²) < 4.78 is 0. The van der Waals surface area contributed by atoms with Gasteiger partial charge in [-0.2, -0.15) is 0 Å². The van der Waals surface area contributed by atoms with Crippen LogP contribution in [-0.2, 0) is 24.0 Å². The van der Waals surface area contributed by atoms with Gasteiger partial charge in [-0.05, 0) is 24.6 Å². The molecule has 2 amide bonds. The number of hydrogen-bond acceptors (Lipinski definition) is 12. The second-order valence-electron chi connectivity index (χ2n) is 8.87. The third kappa shape index (κ3) is 6.78. The first-order valence-electron chi connectivity index (χ1n) is 11.7. The first-order chi connectivity index (χ1) is 19.5. The molecule has 1 saturated heterocycles. The number of carboxylic acid groups (broad SMARTS) is 2. The van der Waals surface area contributed by atoms with Gasteiger partial charge in [0.1, 0.15) is 22.5 Å². The normalized spacial score (nSPS) is 18.5. The number of carbonyl (C=O) groups excluding carboxylic acids is 2. The number of nitrogens with one attached hydrogen (secondary N) is 2. The summed E-state index contributed by atoms with van der Waals surface area (Å²) in [5.74, 6) is -4.33. The van der Waals surface area contributed by atoms with Crippen molar-refractivity contribution in [3.8, 4) is 5.75 Å². The number of carboxylic acids is 2. The first kappa shape index (κ1) is 34.6. The predicted molar refractivity (Wildman–Crippen MR) is 160 cm³/mol. The summed E-state index contributed by atoms with van der Waals surface area (Å²) in [5.41, 5.74) is 4.71. The summed E-state index contributed by atoms with van der Waals surface area (Å²) in [7, 11) is 0. The van der Waals surface area contributed by atoms with Crippen LogP contribution in [0.2, 0.25) is 0 Å². The van der Waals surface area contributed by atoms with E-state index in [0.717, 1.165) is 34.1 Å². The molecule has 1 fully saturated rings. The standard InChI is InChI=1S/C24H20N6O9S2.2Na.2H/c1-8-18(22(35)36)30-14(33)6-15(30)41-21(8)28-20(34)17(11-7-40-24(25)26-11)29-39-19(23(37)38)10-2-4-12(31)16-9(10)3-5-13(32)27-16;;;;/h2-5,7,15,19,21,31H,6H2,1H3,(H2,25,26)(H,27,32)(H,28,34)(H,35,36)(H,37,38);;;;/b29-17-;;;;. The molecule has 7 N–H and O–H groups in total. The zero-order valence-electron chi connectivity index (χ0n) is 20.9. The van der Waals surface area contributed by atoms with Gasteiger partial charge in [-0.1, -0.05) is 11.2 Å². The van der Waals surface area contributed by atoms with Crippen LogP contribution < -0.4 is 16.6 Å². The van der Waals surface area contributed by atoms with Crippen molar-refractivity contribution in [2.24, 2.45) is 5.16 Å². The van der Waals surface area contributed by atoms with Crippen molar-refractivity contribution in [1.82, 2.24) is 20.2 Å². The van der Waals surface area contributed by atoms with E-state index < -0.39 is 46.0 Å². The molecule has 216 valence electrons. The van der Waals surface area contributed by atoms with Crippen LogP contribution in [0.5, 0.6) is 5.75 Å². The van der Waals surface area contributed by atoms with Gasteiger partial charge >= 0.3 is 71.1 Å². The number of benzene rings is 1. The molecule has 3 unspecified atom stereocenters. The maximum absolute atomic E-state index is 13.4. The van der Waals surface area contributed by atoms with Gasteiger partial charge in [0.15, 0.2) is 10.8 Å². The number of oxime groups is 1. The molecule has 2 aliphatic rings. The number of phenols is 1. The molecule has 3 aromatic rings. The number of aliphatic carboxylic acids is 2. The van der Waals surface area contributed by atoms with Crippen LogP contribution in [0.1, 0.15) is 30.7 Å². The van der Waals surface area contributed by atoms with Crippen molar-refractivity contribution in [2.75, 3.05) is 5.73 Å². The molecular formula is C24H22N6Na2O9S2. The van der Waals surface area contributed by atoms with Gasteiger partial charge in [0.2, 0.25) is 17.6 Å². The number of aromatic nitrogens is 2. The van der Waals surface area contributed by atoms with Crippen LogP contribution in [-0.4, -0.2) is 130 Å². The van der Waals surface area contributed by atoms with Crippen molar-refractivity contribution in [1.29, 1.82) is 0 Å². The number of fused-ring (bicyclic) bond motifs is 2. The van der Waals surface area contributed by atoms with Gasteiger partial charge in [-0.3, -0.25) is 19.3 Å². The van der Waals surface area contributed by atoms with E-state index in [9.17, 15) is 39.3 Å². The fourth-order valence-electron chi connectivity index (χ4n) is 4.37. The third-order valence-electron chi connectivity index (χ3n) is 6.31. The topological polar surface area (TPSA) is 238 Å². The number of anilines is 1. The fourth-order valence-corrected chi connectivity index (χ4v) is 6.30. The van der Waals surface area contributed by atoms with Gasteiger partial charge in [0.05, 0.1) is 17.3 Å². The Morgan fingerprint density at radius 2 is 1.93 bits per heavy atom. The molecule has 0 radical (unpaired) electrons. The van der Waals surface area contributed by atoms with Crippen LogP contribution in [0.25, 0.3) is 10.9 Å². The van der Waals surface area contributed by atoms with Crippen molar-refractivity contribution in [2.45, 2.75) is 30.2 Å². The van der Waals surface area contributed by atoms with Crippen molar-refractivity contribution in [3.05, 3.63) is 62.5 Å². The number of H-pyrrole nitrogens is 1. The molecule has 2 aliphatic heterocycles. The number of nitrogen functional groups attached to an aromatic ring is 1. The molecule has 15 nitrogen and oxygen atoms in total. The Hall–Kier alpha value is -2.90. The molecule has 1 aromatic carbocycles. The number of pyridine rings is 1. The molecule has 0 bridgehead atoms. The zero-order valence-corrected chi connectivity index (χ0v) is 22.5. The average molecular weight is 649 g/mol. The summed E-state index contributed by atoms with van der Waals surface area (Å²) >= 11 is 2.15. The Labute approximate surface area is 294 Å². The first-order valence-corrected chi connectivity index (χ1v) is 13.5. The number of nitrogens with two attached hydrogens (primary N) is 1. The number of thiazole rings is 1. The number of aromatic hydroxyl groups is 1. The Morgan fingerprint density at radius 1 is 1.21 bits per heavy atom. The summed E-state index contributed by atoms with van der Waals surface area (Å²) in [6, 6.07) is 4.90. The van der Waals surface area contributed by atoms with Crippen LogP contribution in [0.3, 0.4) is 0 Å². The Kier molecular flexibility index (Phi) is 11.1. The molecular weight excluding hydrogens is 626 g/mol. The Morgan fingerprint density at radius 3 is 2.53 bits per heavy atom. The van der Waals surface area contributed by atoms with E-state index in [1.807, 2.05) is 0 Å². The Balaban J connectivity index is 0.00000253. The Bertz CT molecular complexity index is 1760. The number of carbonyl (C=O) groups is 4. The molecule has 2 aromatic heterocycles. The predicted octanol–water partition coefficient (Wildman–Crippen LogP) is -0.372. The van der Waals surface area contributed by atoms with Crippen LogP contribution in [0.15, 0.2) is 50.9 Å². The number of β-lactam (4-membered cyclic amide) rings is 1. The van der Waals surface area contributed by atoms with Gasteiger partial charge < -0.3 is 36.2 Å². The van der Waals surface area contributed by atoms with Gasteiger partial charge in [0, 0.05) is 22.4 Å². The minimum absolute atomic E-state index is 0. The summed E-state index contributed by atoms with van der Waals surface area (Å²) in [6.07, 6.45) is -1.69. The van der Waals surface area contributed by atoms with E-state index in [2.05, 4.69) is 20.4 Å². The van der Waals surface area contributed by atoms with Crippen LogP contribution >= 0.6 is 23.1 Å². The van der Waals surface area contributed by atoms with E-state index in [4.69, 9.17) is 10.6 Å². The number of amides is 2. The number of hydrogen-bond donors (Lipinski definition) is 6. The number of thioether (sulfide) groups is 1. The number of nitrogens with zero attached hydrogens (tertiary/aromatic N) is 3. The molecule has 0 saturated carbocycles. The summed E-state index contributed by atoms with van der Waals surface area (Å²) in [5, 5.41) is 36.5. The molecule has 3 atom stereocenters. The molecule has 43 heavy (non-hydrogen) atoms. The number of aromatic amines is 1. The number of rotatable bonds is 8. The maximum atomic E-state index is 13.4. The minimum atomic E-state index is -1.79. The van der Waals surface area contributed by atoms with Crippen LogP contribution in [0.4, 0.5) is 5.13 Å². The molecule has 4 heterocycles. The molecule has 5 rings (SSSR count). The molecule has 19 heteroatoms. The molecule has 0 spiro atoms. The fraction of sp³-hybridized carbons (Fsp3) is 0.208. The van der Waals surface area contributed by atoms with E-state index in [-0.39, 0.29) is 116 Å². The summed E-state index contributed by atoms with van der Waals surface area (Å²) in [4.78, 5) is 74.3. The SMILES string of the molecule is CC1=C(C(=O)O)N2C(=O)CC2SC1NC(=O)/C(=N\OC(C(=O)O)c1ccc(O)c2[nH]c(=O)ccc12)c1csc(N)n1.[NaH].[NaH]. The quantitative estimate of drug-likeness (QED) is 0.0794. The van der Waals surface area contributed by atoms with Crippen molar-refractivity contribution < 1.29 is 39.3 Å². The number of phenolic OH excluding ortho intramolecular Hbond substituents is 1. The van der Waals surface area contributed by atoms with E-state index in [1.54, 1.807) is 0 Å².